The molecular weight excluding hydrogens is 296 g/mol. The summed E-state index contributed by atoms with van der Waals surface area (Å²) in [4.78, 5) is 24.0. The average molecular weight is 316 g/mol. The molecule has 0 unspecified atom stereocenters. The lowest BCUT2D eigenvalue weighted by Gasteiger charge is -2.43. The standard InChI is InChI=1S/C16H20N4O3/c1-10-9-20(16(21)22)11(2)8-19(10)15-7-17-14-6-12(23-3)4-5-13(14)18-15/h4-7,10-11H,8-9H2,1-3H3,(H,21,22)/t10-,11-/m1/s1. The predicted octanol–water partition coefficient (Wildman–Crippen LogP) is 2.22. The second-order valence-electron chi connectivity index (χ2n) is 5.87. The Balaban J connectivity index is 1.89. The van der Waals surface area contributed by atoms with E-state index in [1.165, 1.54) is 4.90 Å². The van der Waals surface area contributed by atoms with Gasteiger partial charge in [-0.2, -0.15) is 0 Å². The number of aromatic nitrogens is 2. The Labute approximate surface area is 134 Å². The first-order chi connectivity index (χ1) is 11.0. The van der Waals surface area contributed by atoms with Gasteiger partial charge in [-0.1, -0.05) is 0 Å². The van der Waals surface area contributed by atoms with Gasteiger partial charge in [-0.3, -0.25) is 4.98 Å². The molecular formula is C16H20N4O3. The van der Waals surface area contributed by atoms with Crippen LogP contribution in [0.3, 0.4) is 0 Å². The van der Waals surface area contributed by atoms with Crippen LogP contribution in [0.15, 0.2) is 24.4 Å². The molecule has 23 heavy (non-hydrogen) atoms. The summed E-state index contributed by atoms with van der Waals surface area (Å²) in [6.45, 7) is 4.97. The molecule has 1 N–H and O–H groups in total. The third kappa shape index (κ3) is 2.86. The topological polar surface area (TPSA) is 78.8 Å². The Hall–Kier alpha value is -2.57. The number of nitrogens with zero attached hydrogens (tertiary/aromatic N) is 4. The zero-order chi connectivity index (χ0) is 16.6. The molecule has 0 radical (unpaired) electrons. The second kappa shape index (κ2) is 5.91. The quantitative estimate of drug-likeness (QED) is 0.915. The molecule has 7 heteroatoms. The van der Waals surface area contributed by atoms with E-state index >= 15 is 0 Å². The molecule has 0 spiro atoms. The van der Waals surface area contributed by atoms with E-state index in [-0.39, 0.29) is 12.1 Å². The van der Waals surface area contributed by atoms with Gasteiger partial charge in [-0.25, -0.2) is 9.78 Å². The Morgan fingerprint density at radius 1 is 1.26 bits per heavy atom. The Morgan fingerprint density at radius 3 is 2.74 bits per heavy atom. The van der Waals surface area contributed by atoms with Crippen LogP contribution in [0.2, 0.25) is 0 Å². The summed E-state index contributed by atoms with van der Waals surface area (Å²) >= 11 is 0. The van der Waals surface area contributed by atoms with Crippen LogP contribution in [0.25, 0.3) is 11.0 Å². The monoisotopic (exact) mass is 316 g/mol. The van der Waals surface area contributed by atoms with Crippen molar-refractivity contribution in [2.24, 2.45) is 0 Å². The first-order valence-electron chi connectivity index (χ1n) is 7.56. The summed E-state index contributed by atoms with van der Waals surface area (Å²) in [5.74, 6) is 1.52. The van der Waals surface area contributed by atoms with Gasteiger partial charge in [0.15, 0.2) is 0 Å². The number of piperazine rings is 1. The number of anilines is 1. The van der Waals surface area contributed by atoms with Crippen molar-refractivity contribution in [1.29, 1.82) is 0 Å². The summed E-state index contributed by atoms with van der Waals surface area (Å²) in [5, 5.41) is 9.24. The number of ether oxygens (including phenoxy) is 1. The number of rotatable bonds is 2. The number of fused-ring (bicyclic) bond motifs is 1. The zero-order valence-electron chi connectivity index (χ0n) is 13.4. The molecule has 1 saturated heterocycles. The molecule has 122 valence electrons. The average Bonchev–Trinajstić information content (AvgIpc) is 2.55. The summed E-state index contributed by atoms with van der Waals surface area (Å²) in [5.41, 5.74) is 1.57. The molecule has 3 rings (SSSR count). The first kappa shape index (κ1) is 15.3. The van der Waals surface area contributed by atoms with Gasteiger partial charge in [-0.15, -0.1) is 0 Å². The smallest absolute Gasteiger partial charge is 0.407 e. The maximum absolute atomic E-state index is 11.3. The first-order valence-corrected chi connectivity index (χ1v) is 7.56. The van der Waals surface area contributed by atoms with Crippen molar-refractivity contribution >= 4 is 22.9 Å². The SMILES string of the molecule is COc1ccc2nc(N3C[C@@H](C)N(C(=O)O)C[C@H]3C)cnc2c1. The molecule has 2 aromatic rings. The van der Waals surface area contributed by atoms with Gasteiger partial charge < -0.3 is 19.6 Å². The normalized spacial score (nSPS) is 21.5. The van der Waals surface area contributed by atoms with Crippen molar-refractivity contribution in [2.45, 2.75) is 25.9 Å². The highest BCUT2D eigenvalue weighted by Crippen LogP contribution is 2.24. The highest BCUT2D eigenvalue weighted by atomic mass is 16.5. The fraction of sp³-hybridized carbons (Fsp3) is 0.438. The van der Waals surface area contributed by atoms with E-state index in [2.05, 4.69) is 14.9 Å². The summed E-state index contributed by atoms with van der Waals surface area (Å²) in [6.07, 6.45) is 0.863. The number of methoxy groups -OCH3 is 1. The Morgan fingerprint density at radius 2 is 2.04 bits per heavy atom. The van der Waals surface area contributed by atoms with Gasteiger partial charge >= 0.3 is 6.09 Å². The van der Waals surface area contributed by atoms with Crippen molar-refractivity contribution in [3.8, 4) is 5.75 Å². The van der Waals surface area contributed by atoms with Gasteiger partial charge in [-0.05, 0) is 26.0 Å². The number of amides is 1. The van der Waals surface area contributed by atoms with Crippen molar-refractivity contribution < 1.29 is 14.6 Å². The second-order valence-corrected chi connectivity index (χ2v) is 5.87. The largest absolute Gasteiger partial charge is 0.497 e. The molecule has 1 aromatic heterocycles. The molecule has 2 heterocycles. The van der Waals surface area contributed by atoms with Gasteiger partial charge in [0.2, 0.25) is 0 Å². The molecule has 1 aliphatic heterocycles. The molecule has 0 aliphatic carbocycles. The van der Waals surface area contributed by atoms with Crippen LogP contribution in [0.4, 0.5) is 10.6 Å². The van der Waals surface area contributed by atoms with Gasteiger partial charge in [0.05, 0.1) is 24.3 Å². The van der Waals surface area contributed by atoms with Crippen LogP contribution < -0.4 is 9.64 Å². The minimum absolute atomic E-state index is 0.0484. The van der Waals surface area contributed by atoms with Gasteiger partial charge in [0, 0.05) is 31.2 Å². The maximum atomic E-state index is 11.3. The highest BCUT2D eigenvalue weighted by Gasteiger charge is 2.32. The van der Waals surface area contributed by atoms with E-state index in [0.29, 0.717) is 13.1 Å². The molecule has 1 fully saturated rings. The van der Waals surface area contributed by atoms with Crippen LogP contribution in [0.5, 0.6) is 5.75 Å². The minimum Gasteiger partial charge on any atom is -0.497 e. The minimum atomic E-state index is -0.874. The van der Waals surface area contributed by atoms with E-state index in [1.807, 2.05) is 32.0 Å². The number of benzene rings is 1. The number of carboxylic acid groups (broad SMARTS) is 1. The van der Waals surface area contributed by atoms with Gasteiger partial charge in [0.1, 0.15) is 11.6 Å². The van der Waals surface area contributed by atoms with E-state index in [9.17, 15) is 9.90 Å². The number of hydrogen-bond acceptors (Lipinski definition) is 5. The number of hydrogen-bond donors (Lipinski definition) is 1. The van der Waals surface area contributed by atoms with Crippen LogP contribution in [-0.2, 0) is 0 Å². The third-order valence-electron chi connectivity index (χ3n) is 4.26. The molecule has 7 nitrogen and oxygen atoms in total. The lowest BCUT2D eigenvalue weighted by molar-refractivity contribution is 0.114. The molecule has 0 saturated carbocycles. The van der Waals surface area contributed by atoms with Crippen molar-refractivity contribution in [3.05, 3.63) is 24.4 Å². The van der Waals surface area contributed by atoms with Crippen LogP contribution >= 0.6 is 0 Å². The predicted molar refractivity (Wildman–Crippen MR) is 87.1 cm³/mol. The maximum Gasteiger partial charge on any atom is 0.407 e. The van der Waals surface area contributed by atoms with Crippen LogP contribution in [0.1, 0.15) is 13.8 Å². The van der Waals surface area contributed by atoms with Crippen LogP contribution in [0, 0.1) is 0 Å². The molecule has 2 atom stereocenters. The summed E-state index contributed by atoms with van der Waals surface area (Å²) in [7, 11) is 1.62. The zero-order valence-corrected chi connectivity index (χ0v) is 13.4. The fourth-order valence-corrected chi connectivity index (χ4v) is 2.96. The Kier molecular flexibility index (Phi) is 3.94. The molecule has 1 amide bonds. The van der Waals surface area contributed by atoms with E-state index in [4.69, 9.17) is 4.74 Å². The molecule has 1 aromatic carbocycles. The van der Waals surface area contributed by atoms with Crippen molar-refractivity contribution in [3.63, 3.8) is 0 Å². The van der Waals surface area contributed by atoms with Gasteiger partial charge in [0.25, 0.3) is 0 Å². The van der Waals surface area contributed by atoms with Crippen molar-refractivity contribution in [1.82, 2.24) is 14.9 Å². The van der Waals surface area contributed by atoms with E-state index < -0.39 is 6.09 Å². The van der Waals surface area contributed by atoms with Crippen LogP contribution in [-0.4, -0.2) is 58.4 Å². The lowest BCUT2D eigenvalue weighted by atomic mass is 10.1. The third-order valence-corrected chi connectivity index (χ3v) is 4.26. The Bertz CT molecular complexity index is 736. The lowest BCUT2D eigenvalue weighted by Crippen LogP contribution is -2.58. The summed E-state index contributed by atoms with van der Waals surface area (Å²) < 4.78 is 5.19. The molecule has 0 bridgehead atoms. The highest BCUT2D eigenvalue weighted by molar-refractivity contribution is 5.77. The van der Waals surface area contributed by atoms with E-state index in [0.717, 1.165) is 22.6 Å². The fourth-order valence-electron chi connectivity index (χ4n) is 2.96. The molecule has 1 aliphatic rings. The van der Waals surface area contributed by atoms with E-state index in [1.54, 1.807) is 13.3 Å². The number of carbonyl (C=O) groups is 1. The summed E-state index contributed by atoms with van der Waals surface area (Å²) in [6, 6.07) is 5.55. The van der Waals surface area contributed by atoms with Crippen molar-refractivity contribution in [2.75, 3.05) is 25.1 Å².